The quantitative estimate of drug-likeness (QED) is 0.825. The van der Waals surface area contributed by atoms with E-state index in [2.05, 4.69) is 24.1 Å². The van der Waals surface area contributed by atoms with Crippen LogP contribution >= 0.6 is 0 Å². The monoisotopic (exact) mass is 250 g/mol. The van der Waals surface area contributed by atoms with Crippen molar-refractivity contribution < 1.29 is 0 Å². The number of rotatable bonds is 4. The lowest BCUT2D eigenvalue weighted by molar-refractivity contribution is 0.0872. The van der Waals surface area contributed by atoms with Gasteiger partial charge in [0.2, 0.25) is 0 Å². The molecule has 3 fully saturated rings. The van der Waals surface area contributed by atoms with Crippen molar-refractivity contribution in [2.24, 2.45) is 17.8 Å². The highest BCUT2D eigenvalue weighted by molar-refractivity contribution is 4.96. The highest BCUT2D eigenvalue weighted by Crippen LogP contribution is 2.50. The molecule has 0 radical (unpaired) electrons. The minimum atomic E-state index is 0.754. The molecule has 0 aromatic rings. The lowest BCUT2D eigenvalue weighted by atomic mass is 9.83. The Balaban J connectivity index is 1.56. The van der Waals surface area contributed by atoms with Crippen molar-refractivity contribution in [3.63, 3.8) is 0 Å². The van der Waals surface area contributed by atoms with Crippen LogP contribution in [0.4, 0.5) is 0 Å². The molecule has 18 heavy (non-hydrogen) atoms. The molecule has 2 nitrogen and oxygen atoms in total. The molecular formula is C16H30N2. The molecule has 0 spiro atoms. The van der Waals surface area contributed by atoms with E-state index in [-0.39, 0.29) is 0 Å². The molecule has 2 saturated carbocycles. The molecule has 1 aliphatic heterocycles. The Morgan fingerprint density at radius 3 is 2.83 bits per heavy atom. The first-order valence-corrected chi connectivity index (χ1v) is 8.25. The fraction of sp³-hybridized carbons (Fsp3) is 1.00. The van der Waals surface area contributed by atoms with E-state index in [1.54, 1.807) is 6.42 Å². The first kappa shape index (κ1) is 12.9. The van der Waals surface area contributed by atoms with Crippen LogP contribution in [0.5, 0.6) is 0 Å². The molecule has 1 heterocycles. The van der Waals surface area contributed by atoms with Crippen LogP contribution in [0.3, 0.4) is 0 Å². The fourth-order valence-corrected chi connectivity index (χ4v) is 4.92. The van der Waals surface area contributed by atoms with E-state index < -0.39 is 0 Å². The molecule has 2 heteroatoms. The topological polar surface area (TPSA) is 15.3 Å². The molecule has 1 N–H and O–H groups in total. The van der Waals surface area contributed by atoms with E-state index in [1.807, 2.05) is 0 Å². The Hall–Kier alpha value is -0.0800. The van der Waals surface area contributed by atoms with E-state index in [0.717, 1.165) is 29.8 Å². The Morgan fingerprint density at radius 2 is 2.17 bits per heavy atom. The molecule has 5 unspecified atom stereocenters. The number of piperazine rings is 1. The number of nitrogens with zero attached hydrogens (tertiary/aromatic N) is 1. The zero-order valence-electron chi connectivity index (χ0n) is 12.2. The van der Waals surface area contributed by atoms with Crippen molar-refractivity contribution in [1.82, 2.24) is 10.2 Å². The summed E-state index contributed by atoms with van der Waals surface area (Å²) in [6, 6.07) is 1.59. The third-order valence-corrected chi connectivity index (χ3v) is 5.91. The highest BCUT2D eigenvalue weighted by Gasteiger charge is 2.43. The summed E-state index contributed by atoms with van der Waals surface area (Å²) in [5.74, 6) is 3.19. The summed E-state index contributed by atoms with van der Waals surface area (Å²) in [7, 11) is 0. The van der Waals surface area contributed by atoms with Crippen LogP contribution in [-0.4, -0.2) is 36.6 Å². The molecule has 5 atom stereocenters. The van der Waals surface area contributed by atoms with Crippen LogP contribution in [0.1, 0.15) is 52.4 Å². The van der Waals surface area contributed by atoms with Crippen LogP contribution in [0.2, 0.25) is 0 Å². The predicted octanol–water partition coefficient (Wildman–Crippen LogP) is 2.89. The zero-order chi connectivity index (χ0) is 12.5. The van der Waals surface area contributed by atoms with Crippen LogP contribution in [-0.2, 0) is 0 Å². The van der Waals surface area contributed by atoms with Gasteiger partial charge in [0.15, 0.2) is 0 Å². The molecule has 2 aliphatic carbocycles. The van der Waals surface area contributed by atoms with E-state index >= 15 is 0 Å². The maximum absolute atomic E-state index is 3.69. The van der Waals surface area contributed by atoms with Gasteiger partial charge >= 0.3 is 0 Å². The number of nitrogens with one attached hydrogen (secondary N) is 1. The van der Waals surface area contributed by atoms with Gasteiger partial charge < -0.3 is 5.32 Å². The van der Waals surface area contributed by atoms with Crippen LogP contribution in [0.25, 0.3) is 0 Å². The molecule has 0 amide bonds. The van der Waals surface area contributed by atoms with Gasteiger partial charge in [0.25, 0.3) is 0 Å². The lowest BCUT2D eigenvalue weighted by Crippen LogP contribution is -2.55. The molecule has 1 saturated heterocycles. The van der Waals surface area contributed by atoms with Gasteiger partial charge in [-0.3, -0.25) is 4.90 Å². The minimum absolute atomic E-state index is 0.754. The van der Waals surface area contributed by atoms with Crippen molar-refractivity contribution in [1.29, 1.82) is 0 Å². The van der Waals surface area contributed by atoms with Gasteiger partial charge in [-0.15, -0.1) is 0 Å². The standard InChI is InChI=1S/C16H30N2/c1-3-4-15-11-18(8-7-17-15)12(2)16-10-13-5-6-14(16)9-13/h12-17H,3-11H2,1-2H3. The molecule has 104 valence electrons. The second-order valence-corrected chi connectivity index (χ2v) is 7.01. The van der Waals surface area contributed by atoms with Crippen LogP contribution in [0, 0.1) is 17.8 Å². The molecule has 3 rings (SSSR count). The van der Waals surface area contributed by atoms with Gasteiger partial charge in [-0.2, -0.15) is 0 Å². The summed E-state index contributed by atoms with van der Waals surface area (Å²) in [5, 5.41) is 3.69. The van der Waals surface area contributed by atoms with Gasteiger partial charge in [0.1, 0.15) is 0 Å². The number of hydrogen-bond donors (Lipinski definition) is 1. The van der Waals surface area contributed by atoms with Crippen molar-refractivity contribution in [2.75, 3.05) is 19.6 Å². The van der Waals surface area contributed by atoms with Gasteiger partial charge in [-0.1, -0.05) is 19.8 Å². The summed E-state index contributed by atoms with van der Waals surface area (Å²) >= 11 is 0. The SMILES string of the molecule is CCCC1CN(C(C)C2CC3CCC2C3)CCN1. The maximum Gasteiger partial charge on any atom is 0.0195 e. The average Bonchev–Trinajstić information content (AvgIpc) is 3.01. The summed E-state index contributed by atoms with van der Waals surface area (Å²) in [5.41, 5.74) is 0. The molecule has 0 aromatic carbocycles. The molecule has 0 aromatic heterocycles. The third kappa shape index (κ3) is 2.46. The van der Waals surface area contributed by atoms with E-state index in [1.165, 1.54) is 51.7 Å². The van der Waals surface area contributed by atoms with Gasteiger partial charge in [0.05, 0.1) is 0 Å². The summed E-state index contributed by atoms with van der Waals surface area (Å²) < 4.78 is 0. The van der Waals surface area contributed by atoms with Crippen molar-refractivity contribution in [3.8, 4) is 0 Å². The Kier molecular flexibility index (Phi) is 3.95. The van der Waals surface area contributed by atoms with E-state index in [0.29, 0.717) is 0 Å². The number of hydrogen-bond acceptors (Lipinski definition) is 2. The lowest BCUT2D eigenvalue weighted by Gasteiger charge is -2.42. The smallest absolute Gasteiger partial charge is 0.0195 e. The van der Waals surface area contributed by atoms with Crippen molar-refractivity contribution in [3.05, 3.63) is 0 Å². The van der Waals surface area contributed by atoms with Crippen LogP contribution in [0.15, 0.2) is 0 Å². The first-order valence-electron chi connectivity index (χ1n) is 8.25. The van der Waals surface area contributed by atoms with Crippen molar-refractivity contribution >= 4 is 0 Å². The summed E-state index contributed by atoms with van der Waals surface area (Å²) in [4.78, 5) is 2.79. The van der Waals surface area contributed by atoms with Gasteiger partial charge in [0, 0.05) is 31.7 Å². The normalized spacial score (nSPS) is 42.3. The Bertz CT molecular complexity index is 276. The predicted molar refractivity (Wildman–Crippen MR) is 76.7 cm³/mol. The molecular weight excluding hydrogens is 220 g/mol. The van der Waals surface area contributed by atoms with Gasteiger partial charge in [-0.25, -0.2) is 0 Å². The second kappa shape index (κ2) is 5.50. The summed E-state index contributed by atoms with van der Waals surface area (Å²) in [6.07, 6.45) is 8.82. The van der Waals surface area contributed by atoms with E-state index in [4.69, 9.17) is 0 Å². The summed E-state index contributed by atoms with van der Waals surface area (Å²) in [6.45, 7) is 8.59. The van der Waals surface area contributed by atoms with Crippen LogP contribution < -0.4 is 5.32 Å². The fourth-order valence-electron chi connectivity index (χ4n) is 4.92. The average molecular weight is 250 g/mol. The van der Waals surface area contributed by atoms with Crippen molar-refractivity contribution in [2.45, 2.75) is 64.5 Å². The zero-order valence-corrected chi connectivity index (χ0v) is 12.2. The van der Waals surface area contributed by atoms with E-state index in [9.17, 15) is 0 Å². The first-order chi connectivity index (χ1) is 8.78. The third-order valence-electron chi connectivity index (χ3n) is 5.91. The maximum atomic E-state index is 3.69. The largest absolute Gasteiger partial charge is 0.311 e. The minimum Gasteiger partial charge on any atom is -0.311 e. The highest BCUT2D eigenvalue weighted by atomic mass is 15.2. The van der Waals surface area contributed by atoms with Gasteiger partial charge in [-0.05, 0) is 50.4 Å². The Labute approximate surface area is 113 Å². The molecule has 3 aliphatic rings. The Morgan fingerprint density at radius 1 is 1.28 bits per heavy atom. The second-order valence-electron chi connectivity index (χ2n) is 7.01. The molecule has 2 bridgehead atoms. The number of fused-ring (bicyclic) bond motifs is 2.